The van der Waals surface area contributed by atoms with Gasteiger partial charge in [0.15, 0.2) is 5.96 Å². The summed E-state index contributed by atoms with van der Waals surface area (Å²) in [4.78, 5) is 8.38. The third kappa shape index (κ3) is 10.6. The highest BCUT2D eigenvalue weighted by atomic mass is 127. The van der Waals surface area contributed by atoms with E-state index < -0.39 is 12.7 Å². The maximum atomic E-state index is 12.6. The number of ether oxygens (including phenoxy) is 1. The van der Waals surface area contributed by atoms with Gasteiger partial charge in [-0.05, 0) is 32.5 Å². The summed E-state index contributed by atoms with van der Waals surface area (Å²) in [5.41, 5.74) is 0.976. The average Bonchev–Trinajstić information content (AvgIpc) is 3.15. The van der Waals surface area contributed by atoms with E-state index in [1.165, 1.54) is 4.90 Å². The molecule has 0 aliphatic carbocycles. The minimum absolute atomic E-state index is 0. The number of hydrogen-bond acceptors (Lipinski definition) is 4. The van der Waals surface area contributed by atoms with Crippen molar-refractivity contribution < 1.29 is 17.9 Å². The number of likely N-dealkylation sites (tertiary alicyclic amines) is 1. The van der Waals surface area contributed by atoms with Gasteiger partial charge in [-0.3, -0.25) is 4.90 Å². The number of nitrogens with one attached hydrogen (secondary N) is 2. The Balaban J connectivity index is 0.00000512. The normalized spacial score (nSPS) is 17.3. The van der Waals surface area contributed by atoms with Gasteiger partial charge in [-0.2, -0.15) is 13.2 Å². The highest BCUT2D eigenvalue weighted by Crippen LogP contribution is 2.21. The number of guanidine groups is 1. The molecule has 1 heterocycles. The summed E-state index contributed by atoms with van der Waals surface area (Å²) in [5.74, 6) is 1.42. The van der Waals surface area contributed by atoms with E-state index in [0.29, 0.717) is 45.2 Å². The Morgan fingerprint density at radius 3 is 2.59 bits per heavy atom. The van der Waals surface area contributed by atoms with E-state index in [0.717, 1.165) is 30.9 Å². The molecule has 1 unspecified atom stereocenters. The molecule has 32 heavy (non-hydrogen) atoms. The molecule has 0 saturated carbocycles. The lowest BCUT2D eigenvalue weighted by Crippen LogP contribution is -2.45. The second-order valence-corrected chi connectivity index (χ2v) is 7.66. The van der Waals surface area contributed by atoms with Crippen molar-refractivity contribution in [3.05, 3.63) is 29.8 Å². The van der Waals surface area contributed by atoms with Crippen molar-refractivity contribution in [2.45, 2.75) is 46.0 Å². The minimum atomic E-state index is -4.16. The largest absolute Gasteiger partial charge is 0.492 e. The van der Waals surface area contributed by atoms with Crippen LogP contribution < -0.4 is 15.4 Å². The van der Waals surface area contributed by atoms with Gasteiger partial charge in [-0.1, -0.05) is 32.0 Å². The van der Waals surface area contributed by atoms with Crippen LogP contribution in [0.4, 0.5) is 13.2 Å². The van der Waals surface area contributed by atoms with Gasteiger partial charge in [0, 0.05) is 37.8 Å². The second-order valence-electron chi connectivity index (χ2n) is 7.66. The monoisotopic (exact) mass is 571 g/mol. The maximum absolute atomic E-state index is 12.6. The van der Waals surface area contributed by atoms with Crippen LogP contribution in [-0.4, -0.2) is 80.4 Å². The van der Waals surface area contributed by atoms with E-state index >= 15 is 0 Å². The average molecular weight is 571 g/mol. The number of likely N-dealkylation sites (N-methyl/N-ethyl adjacent to an activating group) is 1. The van der Waals surface area contributed by atoms with Gasteiger partial charge in [-0.25, -0.2) is 4.99 Å². The molecule has 1 fully saturated rings. The van der Waals surface area contributed by atoms with Gasteiger partial charge in [0.2, 0.25) is 0 Å². The van der Waals surface area contributed by atoms with E-state index in [4.69, 9.17) is 4.74 Å². The summed E-state index contributed by atoms with van der Waals surface area (Å²) in [6, 6.07) is 7.77. The lowest BCUT2D eigenvalue weighted by molar-refractivity contribution is -0.143. The lowest BCUT2D eigenvalue weighted by Gasteiger charge is -2.20. The molecule has 0 aromatic heterocycles. The van der Waals surface area contributed by atoms with E-state index in [2.05, 4.69) is 34.4 Å². The number of nitrogens with zero attached hydrogens (tertiary/aromatic N) is 3. The zero-order chi connectivity index (χ0) is 22.7. The summed E-state index contributed by atoms with van der Waals surface area (Å²) in [6.45, 7) is 10.7. The van der Waals surface area contributed by atoms with Crippen LogP contribution in [-0.2, 0) is 6.54 Å². The first-order valence-corrected chi connectivity index (χ1v) is 11.1. The van der Waals surface area contributed by atoms with Crippen molar-refractivity contribution in [3.63, 3.8) is 0 Å². The number of para-hydroxylation sites is 1. The fourth-order valence-electron chi connectivity index (χ4n) is 3.63. The van der Waals surface area contributed by atoms with E-state index in [9.17, 15) is 13.2 Å². The van der Waals surface area contributed by atoms with Gasteiger partial charge in [0.05, 0.1) is 13.1 Å². The number of hydrogen-bond donors (Lipinski definition) is 2. The first-order valence-electron chi connectivity index (χ1n) is 11.1. The van der Waals surface area contributed by atoms with Gasteiger partial charge >= 0.3 is 6.18 Å². The van der Waals surface area contributed by atoms with Gasteiger partial charge in [0.1, 0.15) is 12.4 Å². The van der Waals surface area contributed by atoms with Gasteiger partial charge < -0.3 is 20.3 Å². The van der Waals surface area contributed by atoms with E-state index in [1.54, 1.807) is 0 Å². The first kappa shape index (κ1) is 28.8. The molecule has 1 atom stereocenters. The van der Waals surface area contributed by atoms with Crippen LogP contribution in [0.3, 0.4) is 0 Å². The molecule has 2 N–H and O–H groups in total. The highest BCUT2D eigenvalue weighted by Gasteiger charge is 2.34. The molecular formula is C22H37F3IN5O. The number of alkyl halides is 3. The molecule has 0 amide bonds. The summed E-state index contributed by atoms with van der Waals surface area (Å²) in [7, 11) is 0. The van der Waals surface area contributed by atoms with Crippen LogP contribution in [0.2, 0.25) is 0 Å². The summed E-state index contributed by atoms with van der Waals surface area (Å²) in [6.07, 6.45) is -3.51. The standard InChI is InChI=1S/C22H36F3N5O.HI/c1-4-26-21(28-19-11-12-30(16-19)17-22(23,24)25)27-15-18-9-7-8-10-20(18)31-14-13-29(5-2)6-3;/h7-10,19H,4-6,11-17H2,1-3H3,(H2,26,27,28);1H. The predicted molar refractivity (Wildman–Crippen MR) is 134 cm³/mol. The Labute approximate surface area is 207 Å². The molecule has 1 saturated heterocycles. The minimum Gasteiger partial charge on any atom is -0.492 e. The molecule has 10 heteroatoms. The number of rotatable bonds is 11. The predicted octanol–water partition coefficient (Wildman–Crippen LogP) is 3.72. The van der Waals surface area contributed by atoms with Crippen LogP contribution in [0.1, 0.15) is 32.8 Å². The Morgan fingerprint density at radius 1 is 1.22 bits per heavy atom. The fraction of sp³-hybridized carbons (Fsp3) is 0.682. The van der Waals surface area contributed by atoms with E-state index in [-0.39, 0.29) is 30.0 Å². The van der Waals surface area contributed by atoms with E-state index in [1.807, 2.05) is 31.2 Å². The molecule has 0 spiro atoms. The molecule has 0 radical (unpaired) electrons. The number of aliphatic imine (C=N–C) groups is 1. The van der Waals surface area contributed by atoms with Gasteiger partial charge in [-0.15, -0.1) is 24.0 Å². The highest BCUT2D eigenvalue weighted by molar-refractivity contribution is 14.0. The molecule has 1 aromatic rings. The Kier molecular flexibility index (Phi) is 13.3. The molecule has 2 rings (SSSR count). The molecule has 0 bridgehead atoms. The van der Waals surface area contributed by atoms with Crippen LogP contribution in [0.5, 0.6) is 5.75 Å². The Bertz CT molecular complexity index is 686. The first-order chi connectivity index (χ1) is 14.8. The zero-order valence-electron chi connectivity index (χ0n) is 19.2. The molecule has 1 aliphatic heterocycles. The molecule has 1 aromatic carbocycles. The quantitative estimate of drug-likeness (QED) is 0.241. The summed E-state index contributed by atoms with van der Waals surface area (Å²) < 4.78 is 43.9. The second kappa shape index (κ2) is 14.8. The summed E-state index contributed by atoms with van der Waals surface area (Å²) in [5, 5.41) is 6.46. The van der Waals surface area contributed by atoms with Crippen molar-refractivity contribution in [2.24, 2.45) is 4.99 Å². The van der Waals surface area contributed by atoms with Crippen molar-refractivity contribution in [2.75, 3.05) is 52.4 Å². The fourth-order valence-corrected chi connectivity index (χ4v) is 3.63. The number of halogens is 4. The molecule has 184 valence electrons. The van der Waals surface area contributed by atoms with Crippen LogP contribution in [0, 0.1) is 0 Å². The van der Waals surface area contributed by atoms with Crippen molar-refractivity contribution in [3.8, 4) is 5.75 Å². The molecule has 6 nitrogen and oxygen atoms in total. The van der Waals surface area contributed by atoms with Crippen molar-refractivity contribution in [1.29, 1.82) is 0 Å². The molecular weight excluding hydrogens is 534 g/mol. The smallest absolute Gasteiger partial charge is 0.401 e. The zero-order valence-corrected chi connectivity index (χ0v) is 21.6. The van der Waals surface area contributed by atoms with Crippen LogP contribution in [0.25, 0.3) is 0 Å². The SMILES string of the molecule is CCNC(=NCc1ccccc1OCCN(CC)CC)NC1CCN(CC(F)(F)F)C1.I. The van der Waals surface area contributed by atoms with Crippen molar-refractivity contribution >= 4 is 29.9 Å². The third-order valence-corrected chi connectivity index (χ3v) is 5.30. The number of benzene rings is 1. The van der Waals surface area contributed by atoms with Gasteiger partial charge in [0.25, 0.3) is 0 Å². The summed E-state index contributed by atoms with van der Waals surface area (Å²) >= 11 is 0. The van der Waals surface area contributed by atoms with Crippen molar-refractivity contribution in [1.82, 2.24) is 20.4 Å². The molecule has 1 aliphatic rings. The lowest BCUT2D eigenvalue weighted by atomic mass is 10.2. The van der Waals surface area contributed by atoms with Crippen LogP contribution in [0.15, 0.2) is 29.3 Å². The Hall–Kier alpha value is -1.27. The topological polar surface area (TPSA) is 52.1 Å². The Morgan fingerprint density at radius 2 is 1.94 bits per heavy atom. The van der Waals surface area contributed by atoms with Crippen LogP contribution >= 0.6 is 24.0 Å². The third-order valence-electron chi connectivity index (χ3n) is 5.30. The maximum Gasteiger partial charge on any atom is 0.401 e.